The van der Waals surface area contributed by atoms with Crippen molar-refractivity contribution < 1.29 is 13.9 Å². The third-order valence-corrected chi connectivity index (χ3v) is 2.85. The fourth-order valence-corrected chi connectivity index (χ4v) is 2.00. The predicted octanol–water partition coefficient (Wildman–Crippen LogP) is 2.95. The summed E-state index contributed by atoms with van der Waals surface area (Å²) in [7, 11) is 0. The number of hydrogen-bond acceptors (Lipinski definition) is 2. The monoisotopic (exact) mass is 228 g/mol. The van der Waals surface area contributed by atoms with Crippen LogP contribution in [0.15, 0.2) is 42.5 Å². The van der Waals surface area contributed by atoms with Gasteiger partial charge < -0.3 is 4.74 Å². The summed E-state index contributed by atoms with van der Waals surface area (Å²) in [6.45, 7) is 0.218. The van der Waals surface area contributed by atoms with Crippen molar-refractivity contribution in [1.82, 2.24) is 0 Å². The Labute approximate surface area is 97.7 Å². The molecular weight excluding hydrogens is 219 g/mol. The summed E-state index contributed by atoms with van der Waals surface area (Å²) in [5, 5.41) is 0. The molecule has 3 heteroatoms. The van der Waals surface area contributed by atoms with Gasteiger partial charge in [0.25, 0.3) is 0 Å². The Kier molecular flexibility index (Phi) is 2.18. The second-order valence-electron chi connectivity index (χ2n) is 3.89. The molecule has 17 heavy (non-hydrogen) atoms. The van der Waals surface area contributed by atoms with Gasteiger partial charge >= 0.3 is 0 Å². The maximum atomic E-state index is 13.6. The van der Waals surface area contributed by atoms with Crippen LogP contribution in [-0.4, -0.2) is 5.78 Å². The van der Waals surface area contributed by atoms with E-state index in [0.29, 0.717) is 5.56 Å². The van der Waals surface area contributed by atoms with E-state index < -0.39 is 5.82 Å². The van der Waals surface area contributed by atoms with Crippen LogP contribution in [0.25, 0.3) is 0 Å². The Bertz CT molecular complexity index is 605. The van der Waals surface area contributed by atoms with Gasteiger partial charge in [-0.3, -0.25) is 4.79 Å². The molecule has 0 unspecified atom stereocenters. The molecule has 0 saturated heterocycles. The Morgan fingerprint density at radius 1 is 1.00 bits per heavy atom. The molecule has 3 rings (SSSR count). The van der Waals surface area contributed by atoms with Crippen molar-refractivity contribution in [3.8, 4) is 5.75 Å². The van der Waals surface area contributed by atoms with Crippen LogP contribution in [0.1, 0.15) is 21.5 Å². The molecule has 0 aromatic heterocycles. The molecule has 1 aliphatic heterocycles. The largest absolute Gasteiger partial charge is 0.485 e. The fraction of sp³-hybridized carbons (Fsp3) is 0.0714. The highest BCUT2D eigenvalue weighted by molar-refractivity contribution is 6.11. The summed E-state index contributed by atoms with van der Waals surface area (Å²) in [5.41, 5.74) is 1.65. The van der Waals surface area contributed by atoms with Gasteiger partial charge in [0.2, 0.25) is 0 Å². The molecule has 0 amide bonds. The zero-order chi connectivity index (χ0) is 11.8. The molecule has 2 nitrogen and oxygen atoms in total. The van der Waals surface area contributed by atoms with Gasteiger partial charge in [0.1, 0.15) is 6.61 Å². The van der Waals surface area contributed by atoms with Crippen molar-refractivity contribution in [3.63, 3.8) is 0 Å². The summed E-state index contributed by atoms with van der Waals surface area (Å²) in [5.74, 6) is -0.634. The normalized spacial score (nSPS) is 13.4. The van der Waals surface area contributed by atoms with Crippen molar-refractivity contribution in [2.24, 2.45) is 0 Å². The van der Waals surface area contributed by atoms with Crippen LogP contribution in [0.3, 0.4) is 0 Å². The van der Waals surface area contributed by atoms with Crippen molar-refractivity contribution >= 4 is 5.78 Å². The number of benzene rings is 2. The molecule has 2 aromatic carbocycles. The first-order valence-electron chi connectivity index (χ1n) is 5.31. The van der Waals surface area contributed by atoms with Gasteiger partial charge in [-0.15, -0.1) is 0 Å². The van der Waals surface area contributed by atoms with Gasteiger partial charge in [-0.05, 0) is 12.1 Å². The minimum Gasteiger partial charge on any atom is -0.485 e. The lowest BCUT2D eigenvalue weighted by Gasteiger charge is -2.06. The lowest BCUT2D eigenvalue weighted by molar-refractivity contribution is 0.103. The molecule has 84 valence electrons. The summed E-state index contributed by atoms with van der Waals surface area (Å²) < 4.78 is 19.0. The van der Waals surface area contributed by atoms with E-state index in [-0.39, 0.29) is 23.7 Å². The third kappa shape index (κ3) is 1.51. The summed E-state index contributed by atoms with van der Waals surface area (Å²) >= 11 is 0. The fourth-order valence-electron chi connectivity index (χ4n) is 2.00. The van der Waals surface area contributed by atoms with Gasteiger partial charge in [-0.2, -0.15) is 0 Å². The van der Waals surface area contributed by atoms with E-state index in [2.05, 4.69) is 0 Å². The highest BCUT2D eigenvalue weighted by atomic mass is 19.1. The van der Waals surface area contributed by atoms with E-state index in [1.54, 1.807) is 18.2 Å². The maximum Gasteiger partial charge on any atom is 0.197 e. The molecule has 0 spiro atoms. The molecule has 0 saturated carbocycles. The number of rotatable bonds is 0. The second kappa shape index (κ2) is 3.70. The van der Waals surface area contributed by atoms with Gasteiger partial charge in [-0.1, -0.05) is 30.3 Å². The minimum atomic E-state index is -0.497. The van der Waals surface area contributed by atoms with E-state index in [9.17, 15) is 9.18 Å². The van der Waals surface area contributed by atoms with Crippen molar-refractivity contribution in [2.75, 3.05) is 0 Å². The van der Waals surface area contributed by atoms with Crippen molar-refractivity contribution in [1.29, 1.82) is 0 Å². The Morgan fingerprint density at radius 3 is 2.65 bits per heavy atom. The van der Waals surface area contributed by atoms with Crippen LogP contribution in [0, 0.1) is 5.82 Å². The molecule has 0 radical (unpaired) electrons. The number of ether oxygens (including phenoxy) is 1. The SMILES string of the molecule is O=C1c2ccccc2COc2c(F)cccc21. The van der Waals surface area contributed by atoms with Crippen LogP contribution < -0.4 is 4.74 Å². The highest BCUT2D eigenvalue weighted by Gasteiger charge is 2.23. The smallest absolute Gasteiger partial charge is 0.197 e. The molecule has 0 aliphatic carbocycles. The molecule has 1 aliphatic rings. The van der Waals surface area contributed by atoms with Crippen molar-refractivity contribution in [2.45, 2.75) is 6.61 Å². The molecule has 0 atom stereocenters. The first kappa shape index (κ1) is 10.0. The Hall–Kier alpha value is -2.16. The van der Waals surface area contributed by atoms with Gasteiger partial charge in [0.15, 0.2) is 17.3 Å². The van der Waals surface area contributed by atoms with Crippen LogP contribution in [-0.2, 0) is 6.61 Å². The molecule has 0 bridgehead atoms. The zero-order valence-electron chi connectivity index (χ0n) is 8.94. The zero-order valence-corrected chi connectivity index (χ0v) is 8.94. The molecular formula is C14H9FO2. The van der Waals surface area contributed by atoms with Gasteiger partial charge in [0.05, 0.1) is 5.56 Å². The molecule has 0 N–H and O–H groups in total. The average Bonchev–Trinajstić information content (AvgIpc) is 2.50. The number of hydrogen-bond donors (Lipinski definition) is 0. The Balaban J connectivity index is 2.24. The average molecular weight is 228 g/mol. The van der Waals surface area contributed by atoms with Gasteiger partial charge in [0, 0.05) is 11.1 Å². The van der Waals surface area contributed by atoms with Crippen LogP contribution >= 0.6 is 0 Å². The van der Waals surface area contributed by atoms with E-state index in [1.807, 2.05) is 12.1 Å². The standard InChI is InChI=1S/C14H9FO2/c15-12-7-3-6-11-13(16)10-5-2-1-4-9(10)8-17-14(11)12/h1-7H,8H2. The number of ketones is 1. The maximum absolute atomic E-state index is 13.6. The summed E-state index contributed by atoms with van der Waals surface area (Å²) in [6, 6.07) is 11.6. The number of para-hydroxylation sites is 1. The minimum absolute atomic E-state index is 0.0497. The van der Waals surface area contributed by atoms with Gasteiger partial charge in [-0.25, -0.2) is 4.39 Å². The predicted molar refractivity (Wildman–Crippen MR) is 60.6 cm³/mol. The number of halogens is 1. The quantitative estimate of drug-likeness (QED) is 0.693. The molecule has 0 fully saturated rings. The first-order chi connectivity index (χ1) is 8.27. The van der Waals surface area contributed by atoms with E-state index in [1.165, 1.54) is 12.1 Å². The van der Waals surface area contributed by atoms with E-state index >= 15 is 0 Å². The van der Waals surface area contributed by atoms with E-state index in [4.69, 9.17) is 4.74 Å². The Morgan fingerprint density at radius 2 is 1.76 bits per heavy atom. The van der Waals surface area contributed by atoms with Crippen molar-refractivity contribution in [3.05, 3.63) is 65.0 Å². The molecule has 2 aromatic rings. The lowest BCUT2D eigenvalue weighted by atomic mass is 9.99. The van der Waals surface area contributed by atoms with Crippen LogP contribution in [0.5, 0.6) is 5.75 Å². The topological polar surface area (TPSA) is 26.3 Å². The first-order valence-corrected chi connectivity index (χ1v) is 5.31. The summed E-state index contributed by atoms with van der Waals surface area (Å²) in [6.07, 6.45) is 0. The molecule has 1 heterocycles. The summed E-state index contributed by atoms with van der Waals surface area (Å²) in [4.78, 5) is 12.2. The van der Waals surface area contributed by atoms with E-state index in [0.717, 1.165) is 5.56 Å². The number of carbonyl (C=O) groups is 1. The lowest BCUT2D eigenvalue weighted by Crippen LogP contribution is -2.02. The number of fused-ring (bicyclic) bond motifs is 2. The number of carbonyl (C=O) groups excluding carboxylic acids is 1. The third-order valence-electron chi connectivity index (χ3n) is 2.85. The second-order valence-corrected chi connectivity index (χ2v) is 3.89. The van der Waals surface area contributed by atoms with Crippen LogP contribution in [0.4, 0.5) is 4.39 Å². The highest BCUT2D eigenvalue weighted by Crippen LogP contribution is 2.30. The van der Waals surface area contributed by atoms with Crippen LogP contribution in [0.2, 0.25) is 0 Å².